The van der Waals surface area contributed by atoms with Crippen molar-refractivity contribution in [3.63, 3.8) is 0 Å². The summed E-state index contributed by atoms with van der Waals surface area (Å²) in [6.07, 6.45) is -2.14. The van der Waals surface area contributed by atoms with Gasteiger partial charge < -0.3 is 9.32 Å². The molecular formula is C18H15F4N3O2. The van der Waals surface area contributed by atoms with Gasteiger partial charge in [-0.25, -0.2) is 9.07 Å². The molecule has 0 N–H and O–H groups in total. The van der Waals surface area contributed by atoms with Gasteiger partial charge in [-0.15, -0.1) is 0 Å². The second-order valence-corrected chi connectivity index (χ2v) is 5.86. The highest BCUT2D eigenvalue weighted by molar-refractivity contribution is 5.95. The van der Waals surface area contributed by atoms with Gasteiger partial charge in [0.2, 0.25) is 0 Å². The van der Waals surface area contributed by atoms with Gasteiger partial charge in [0.25, 0.3) is 5.91 Å². The number of benzene rings is 1. The lowest BCUT2D eigenvalue weighted by atomic mass is 10.2. The number of nitrogens with zero attached hydrogens (tertiary/aromatic N) is 3. The minimum atomic E-state index is -4.59. The lowest BCUT2D eigenvalue weighted by molar-refractivity contribution is -0.142. The molecule has 0 bridgehead atoms. The van der Waals surface area contributed by atoms with Crippen molar-refractivity contribution >= 4 is 5.91 Å². The predicted molar refractivity (Wildman–Crippen MR) is 87.8 cm³/mol. The second-order valence-electron chi connectivity index (χ2n) is 5.86. The molecule has 2 aromatic heterocycles. The normalized spacial score (nSPS) is 11.6. The van der Waals surface area contributed by atoms with E-state index in [1.807, 2.05) is 0 Å². The number of amides is 1. The zero-order chi connectivity index (χ0) is 19.6. The van der Waals surface area contributed by atoms with Gasteiger partial charge in [0, 0.05) is 0 Å². The van der Waals surface area contributed by atoms with Gasteiger partial charge in [-0.1, -0.05) is 12.1 Å². The number of halogens is 4. The van der Waals surface area contributed by atoms with Crippen molar-refractivity contribution in [2.24, 2.45) is 0 Å². The van der Waals surface area contributed by atoms with Crippen LogP contribution < -0.4 is 0 Å². The Labute approximate surface area is 151 Å². The third kappa shape index (κ3) is 4.18. The Hall–Kier alpha value is -3.10. The Bertz CT molecular complexity index is 932. The lowest BCUT2D eigenvalue weighted by Gasteiger charge is -2.23. The van der Waals surface area contributed by atoms with E-state index in [0.29, 0.717) is 4.90 Å². The Morgan fingerprint density at radius 1 is 1.22 bits per heavy atom. The molecule has 27 heavy (non-hydrogen) atoms. The molecular weight excluding hydrogens is 366 g/mol. The van der Waals surface area contributed by atoms with Crippen LogP contribution in [0.25, 0.3) is 5.69 Å². The minimum absolute atomic E-state index is 0.0472. The van der Waals surface area contributed by atoms with Gasteiger partial charge in [0.15, 0.2) is 0 Å². The van der Waals surface area contributed by atoms with Crippen LogP contribution in [0.3, 0.4) is 0 Å². The number of rotatable bonds is 5. The molecule has 0 aliphatic carbocycles. The molecule has 0 aliphatic rings. The SMILES string of the molecule is Cc1c(C(=O)N(Cc2ccco2)CC(F)(F)F)cnn1-c1ccccc1F. The van der Waals surface area contributed by atoms with Crippen LogP contribution in [0.4, 0.5) is 17.6 Å². The van der Waals surface area contributed by atoms with E-state index in [9.17, 15) is 22.4 Å². The van der Waals surface area contributed by atoms with E-state index in [-0.39, 0.29) is 29.2 Å². The third-order valence-electron chi connectivity index (χ3n) is 3.91. The van der Waals surface area contributed by atoms with Crippen LogP contribution in [-0.2, 0) is 6.54 Å². The molecule has 0 fully saturated rings. The standard InChI is InChI=1S/C18H15F4N3O2/c1-12-14(9-23-25(12)16-7-3-2-6-15(16)19)17(26)24(11-18(20,21)22)10-13-5-4-8-27-13/h2-9H,10-11H2,1H3. The zero-order valence-corrected chi connectivity index (χ0v) is 14.2. The number of furan rings is 1. The Kier molecular flexibility index (Phi) is 5.02. The molecule has 3 rings (SSSR count). The molecule has 0 saturated carbocycles. The highest BCUT2D eigenvalue weighted by Crippen LogP contribution is 2.23. The predicted octanol–water partition coefficient (Wildman–Crippen LogP) is 4.12. The summed E-state index contributed by atoms with van der Waals surface area (Å²) in [6.45, 7) is -0.308. The van der Waals surface area contributed by atoms with Crippen LogP contribution in [0.5, 0.6) is 0 Å². The summed E-state index contributed by atoms with van der Waals surface area (Å²) in [6, 6.07) is 8.77. The second kappa shape index (κ2) is 7.26. The van der Waals surface area contributed by atoms with E-state index >= 15 is 0 Å². The third-order valence-corrected chi connectivity index (χ3v) is 3.91. The highest BCUT2D eigenvalue weighted by atomic mass is 19.4. The Morgan fingerprint density at radius 2 is 1.96 bits per heavy atom. The molecule has 5 nitrogen and oxygen atoms in total. The van der Waals surface area contributed by atoms with Crippen molar-refractivity contribution in [1.29, 1.82) is 0 Å². The molecule has 9 heteroatoms. The summed E-state index contributed by atoms with van der Waals surface area (Å²) < 4.78 is 59.0. The summed E-state index contributed by atoms with van der Waals surface area (Å²) in [5.74, 6) is -1.22. The maximum absolute atomic E-state index is 14.0. The molecule has 0 unspecified atom stereocenters. The van der Waals surface area contributed by atoms with Gasteiger partial charge in [-0.2, -0.15) is 18.3 Å². The summed E-state index contributed by atoms with van der Waals surface area (Å²) in [5, 5.41) is 3.97. The Morgan fingerprint density at radius 3 is 2.59 bits per heavy atom. The molecule has 142 valence electrons. The van der Waals surface area contributed by atoms with Crippen molar-refractivity contribution in [2.75, 3.05) is 6.54 Å². The largest absolute Gasteiger partial charge is 0.467 e. The van der Waals surface area contributed by atoms with Crippen molar-refractivity contribution in [1.82, 2.24) is 14.7 Å². The molecule has 1 aromatic carbocycles. The fourth-order valence-electron chi connectivity index (χ4n) is 2.66. The van der Waals surface area contributed by atoms with E-state index in [2.05, 4.69) is 5.10 Å². The summed E-state index contributed by atoms with van der Waals surface area (Å²) >= 11 is 0. The van der Waals surface area contributed by atoms with Gasteiger partial charge in [0.1, 0.15) is 23.8 Å². The number of alkyl halides is 3. The number of carbonyl (C=O) groups is 1. The minimum Gasteiger partial charge on any atom is -0.467 e. The molecule has 0 spiro atoms. The first-order valence-electron chi connectivity index (χ1n) is 7.94. The Balaban J connectivity index is 1.93. The van der Waals surface area contributed by atoms with Crippen LogP contribution in [-0.4, -0.2) is 33.3 Å². The van der Waals surface area contributed by atoms with Gasteiger partial charge in [-0.3, -0.25) is 4.79 Å². The topological polar surface area (TPSA) is 51.3 Å². The maximum atomic E-state index is 14.0. The quantitative estimate of drug-likeness (QED) is 0.625. The van der Waals surface area contributed by atoms with Crippen LogP contribution in [0.2, 0.25) is 0 Å². The van der Waals surface area contributed by atoms with E-state index in [1.165, 1.54) is 48.2 Å². The lowest BCUT2D eigenvalue weighted by Crippen LogP contribution is -2.38. The van der Waals surface area contributed by atoms with Gasteiger partial charge in [-0.05, 0) is 31.2 Å². The van der Waals surface area contributed by atoms with Gasteiger partial charge >= 0.3 is 6.18 Å². The smallest absolute Gasteiger partial charge is 0.406 e. The van der Waals surface area contributed by atoms with Gasteiger partial charge in [0.05, 0.1) is 30.3 Å². The zero-order valence-electron chi connectivity index (χ0n) is 14.2. The number of hydrogen-bond acceptors (Lipinski definition) is 3. The molecule has 0 saturated heterocycles. The average molecular weight is 381 g/mol. The first-order valence-corrected chi connectivity index (χ1v) is 7.94. The van der Waals surface area contributed by atoms with Crippen LogP contribution >= 0.6 is 0 Å². The number of para-hydroxylation sites is 1. The fraction of sp³-hybridized carbons (Fsp3) is 0.222. The highest BCUT2D eigenvalue weighted by Gasteiger charge is 2.35. The molecule has 0 aliphatic heterocycles. The van der Waals surface area contributed by atoms with E-state index in [1.54, 1.807) is 6.07 Å². The fourth-order valence-corrected chi connectivity index (χ4v) is 2.66. The van der Waals surface area contributed by atoms with Crippen LogP contribution in [0.1, 0.15) is 21.8 Å². The molecule has 1 amide bonds. The van der Waals surface area contributed by atoms with Crippen molar-refractivity contribution in [2.45, 2.75) is 19.6 Å². The van der Waals surface area contributed by atoms with E-state index < -0.39 is 24.4 Å². The molecule has 0 atom stereocenters. The summed E-state index contributed by atoms with van der Waals surface area (Å²) in [4.78, 5) is 13.4. The average Bonchev–Trinajstić information content (AvgIpc) is 3.23. The van der Waals surface area contributed by atoms with E-state index in [0.717, 1.165) is 6.20 Å². The number of carbonyl (C=O) groups excluding carboxylic acids is 1. The monoisotopic (exact) mass is 381 g/mol. The van der Waals surface area contributed by atoms with Crippen LogP contribution in [0, 0.1) is 12.7 Å². The molecule has 3 aromatic rings. The van der Waals surface area contributed by atoms with Crippen molar-refractivity contribution in [3.8, 4) is 5.69 Å². The maximum Gasteiger partial charge on any atom is 0.406 e. The number of hydrogen-bond donors (Lipinski definition) is 0. The molecule has 0 radical (unpaired) electrons. The molecule has 2 heterocycles. The first-order chi connectivity index (χ1) is 12.8. The summed E-state index contributed by atoms with van der Waals surface area (Å²) in [5.41, 5.74) is 0.285. The van der Waals surface area contributed by atoms with Crippen molar-refractivity contribution in [3.05, 3.63) is 71.7 Å². The van der Waals surface area contributed by atoms with Crippen LogP contribution in [0.15, 0.2) is 53.3 Å². The summed E-state index contributed by atoms with van der Waals surface area (Å²) in [7, 11) is 0. The number of aromatic nitrogens is 2. The van der Waals surface area contributed by atoms with E-state index in [4.69, 9.17) is 4.42 Å². The first kappa shape index (κ1) is 18.7. The van der Waals surface area contributed by atoms with Crippen molar-refractivity contribution < 1.29 is 26.8 Å².